The molecular weight excluding hydrogens is 535 g/mol. The molecule has 15 atom stereocenters. The number of aliphatic hydroxyl groups excluding tert-OH is 10. The summed E-state index contributed by atoms with van der Waals surface area (Å²) in [6, 6.07) is 0. The summed E-state index contributed by atoms with van der Waals surface area (Å²) in [6.07, 6.45) is -28.6. The van der Waals surface area contributed by atoms with E-state index in [-0.39, 0.29) is 0 Å². The van der Waals surface area contributed by atoms with Gasteiger partial charge in [-0.1, -0.05) is 0 Å². The van der Waals surface area contributed by atoms with Crippen LogP contribution >= 0.6 is 7.60 Å². The normalized spacial score (nSPS) is 49.7. The van der Waals surface area contributed by atoms with Gasteiger partial charge in [0.1, 0.15) is 73.2 Å². The molecule has 3 rings (SSSR count). The summed E-state index contributed by atoms with van der Waals surface area (Å²) in [4.78, 5) is 18.2. The summed E-state index contributed by atoms with van der Waals surface area (Å²) in [5.74, 6) is 0. The summed E-state index contributed by atoms with van der Waals surface area (Å²) < 4.78 is 37.7. The van der Waals surface area contributed by atoms with Crippen molar-refractivity contribution in [2.75, 3.05) is 19.4 Å². The second kappa shape index (κ2) is 12.4. The minimum absolute atomic E-state index is 0.810. The smallest absolute Gasteiger partial charge is 0.328 e. The molecule has 37 heavy (non-hydrogen) atoms. The van der Waals surface area contributed by atoms with Crippen LogP contribution in [0.25, 0.3) is 0 Å². The second-order valence-corrected chi connectivity index (χ2v) is 10.7. The van der Waals surface area contributed by atoms with Crippen molar-refractivity contribution in [1.29, 1.82) is 0 Å². The molecule has 12 N–H and O–H groups in total. The summed E-state index contributed by atoms with van der Waals surface area (Å²) in [7, 11) is -4.74. The molecule has 0 radical (unpaired) electrons. The molecule has 218 valence electrons. The van der Waals surface area contributed by atoms with Gasteiger partial charge in [0.2, 0.25) is 0 Å². The molecule has 3 heterocycles. The minimum Gasteiger partial charge on any atom is -0.394 e. The Bertz CT molecular complexity index is 782. The molecule has 1 unspecified atom stereocenters. The first-order valence-electron chi connectivity index (χ1n) is 11.2. The third kappa shape index (κ3) is 6.83. The van der Waals surface area contributed by atoms with Gasteiger partial charge in [-0.2, -0.15) is 0 Å². The van der Waals surface area contributed by atoms with Crippen LogP contribution in [0.1, 0.15) is 0 Å². The zero-order valence-electron chi connectivity index (χ0n) is 19.0. The maximum absolute atomic E-state index is 11.3. The lowest BCUT2D eigenvalue weighted by atomic mass is 9.96. The molecule has 0 aromatic carbocycles. The van der Waals surface area contributed by atoms with Crippen molar-refractivity contribution in [2.24, 2.45) is 0 Å². The van der Waals surface area contributed by atoms with Crippen LogP contribution in [0.4, 0.5) is 0 Å². The van der Waals surface area contributed by atoms with Gasteiger partial charge in [0.05, 0.1) is 19.4 Å². The molecule has 0 spiro atoms. The van der Waals surface area contributed by atoms with E-state index in [1.807, 2.05) is 0 Å². The maximum atomic E-state index is 11.3. The zero-order chi connectivity index (χ0) is 27.8. The van der Waals surface area contributed by atoms with Crippen LogP contribution in [0.5, 0.6) is 0 Å². The van der Waals surface area contributed by atoms with Crippen molar-refractivity contribution in [2.45, 2.75) is 92.1 Å². The first-order valence-corrected chi connectivity index (χ1v) is 13.0. The van der Waals surface area contributed by atoms with Gasteiger partial charge in [0.15, 0.2) is 18.9 Å². The van der Waals surface area contributed by atoms with E-state index in [1.54, 1.807) is 0 Å². The lowest BCUT2D eigenvalue weighted by Crippen LogP contribution is -2.66. The highest BCUT2D eigenvalue weighted by Gasteiger charge is 2.54. The van der Waals surface area contributed by atoms with E-state index >= 15 is 0 Å². The van der Waals surface area contributed by atoms with Crippen molar-refractivity contribution in [3.8, 4) is 0 Å². The van der Waals surface area contributed by atoms with Crippen molar-refractivity contribution in [1.82, 2.24) is 0 Å². The molecule has 0 aliphatic carbocycles. The van der Waals surface area contributed by atoms with Crippen LogP contribution in [-0.2, 0) is 28.2 Å². The monoisotopic (exact) mass is 568 g/mol. The fourth-order valence-corrected chi connectivity index (χ4v) is 5.02. The Balaban J connectivity index is 1.81. The predicted molar refractivity (Wildman–Crippen MR) is 111 cm³/mol. The SMILES string of the molecule is O=P(O)(O)C[C@H]1OC(O)[C@@H](O[C@H]2O[C@H](CO)[C@@H](O)[C@H](O)[C@@H]2O[C@H]2O[C@H](CO)[C@@H](O)[C@H](O)[C@@H]2O)[C@@H](O)[C@@H]1O. The van der Waals surface area contributed by atoms with Crippen LogP contribution < -0.4 is 0 Å². The van der Waals surface area contributed by atoms with Crippen molar-refractivity contribution in [3.05, 3.63) is 0 Å². The van der Waals surface area contributed by atoms with Gasteiger partial charge in [0, 0.05) is 0 Å². The molecular formula is C18H33O18P. The van der Waals surface area contributed by atoms with E-state index in [0.717, 1.165) is 0 Å². The van der Waals surface area contributed by atoms with Gasteiger partial charge in [-0.15, -0.1) is 0 Å². The van der Waals surface area contributed by atoms with Crippen LogP contribution in [0.3, 0.4) is 0 Å². The van der Waals surface area contributed by atoms with E-state index < -0.39 is 119 Å². The van der Waals surface area contributed by atoms with E-state index in [1.165, 1.54) is 0 Å². The Morgan fingerprint density at radius 3 is 1.57 bits per heavy atom. The molecule has 3 aliphatic rings. The first kappa shape index (κ1) is 31.1. The van der Waals surface area contributed by atoms with E-state index in [2.05, 4.69) is 0 Å². The number of hydrogen-bond donors (Lipinski definition) is 12. The number of aliphatic hydroxyl groups is 10. The quantitative estimate of drug-likeness (QED) is 0.121. The molecule has 0 aromatic rings. The lowest BCUT2D eigenvalue weighted by Gasteiger charge is -2.48. The van der Waals surface area contributed by atoms with E-state index in [9.17, 15) is 55.6 Å². The topological polar surface area (TPSA) is 306 Å². The molecule has 0 bridgehead atoms. The van der Waals surface area contributed by atoms with Crippen molar-refractivity contribution >= 4 is 7.60 Å². The minimum atomic E-state index is -4.74. The Kier molecular flexibility index (Phi) is 10.4. The molecule has 3 saturated heterocycles. The average Bonchev–Trinajstić information content (AvgIpc) is 2.83. The average molecular weight is 568 g/mol. The number of rotatable bonds is 8. The number of ether oxygens (including phenoxy) is 5. The Morgan fingerprint density at radius 1 is 0.568 bits per heavy atom. The van der Waals surface area contributed by atoms with Gasteiger partial charge in [0.25, 0.3) is 0 Å². The molecule has 0 aromatic heterocycles. The van der Waals surface area contributed by atoms with Crippen LogP contribution in [0, 0.1) is 0 Å². The highest BCUT2D eigenvalue weighted by atomic mass is 31.2. The highest BCUT2D eigenvalue weighted by Crippen LogP contribution is 2.39. The molecule has 3 fully saturated rings. The summed E-state index contributed by atoms with van der Waals surface area (Å²) >= 11 is 0. The third-order valence-corrected chi connectivity index (χ3v) is 7.17. The van der Waals surface area contributed by atoms with Gasteiger partial charge in [-0.05, 0) is 0 Å². The number of hydrogen-bond acceptors (Lipinski definition) is 16. The molecule has 0 saturated carbocycles. The van der Waals surface area contributed by atoms with Crippen LogP contribution in [0.2, 0.25) is 0 Å². The fraction of sp³-hybridized carbons (Fsp3) is 1.00. The second-order valence-electron chi connectivity index (χ2n) is 9.00. The zero-order valence-corrected chi connectivity index (χ0v) is 19.9. The maximum Gasteiger partial charge on any atom is 0.328 e. The predicted octanol–water partition coefficient (Wildman–Crippen LogP) is -7.39. The van der Waals surface area contributed by atoms with Gasteiger partial charge in [-0.25, -0.2) is 0 Å². The lowest BCUT2D eigenvalue weighted by molar-refractivity contribution is -0.390. The molecule has 19 heteroatoms. The van der Waals surface area contributed by atoms with Gasteiger partial charge >= 0.3 is 7.60 Å². The van der Waals surface area contributed by atoms with E-state index in [0.29, 0.717) is 0 Å². The standard InChI is InChI=1S/C18H33O18P/c19-1-4-7(21)10(24)13(27)17(33-4)36-15-12(26)8(22)5(2-20)34-18(15)35-14-11(25)9(23)6(32-16(14)28)3-37(29,30)31/h4-28H,1-3H2,(H2,29,30,31)/t4-,5-,6-,7-,8-,9-,10+,11+,12+,13+,14+,15+,16?,17-,18-/m1/s1. The summed E-state index contributed by atoms with van der Waals surface area (Å²) in [5, 5.41) is 101. The van der Waals surface area contributed by atoms with Gasteiger partial charge < -0.3 is 84.5 Å². The Hall–Kier alpha value is -0.450. The van der Waals surface area contributed by atoms with Crippen LogP contribution in [0.15, 0.2) is 0 Å². The Labute approximate surface area is 208 Å². The third-order valence-electron chi connectivity index (χ3n) is 6.34. The molecule has 3 aliphatic heterocycles. The summed E-state index contributed by atoms with van der Waals surface area (Å²) in [5.41, 5.74) is 0. The first-order chi connectivity index (χ1) is 17.2. The van der Waals surface area contributed by atoms with Crippen molar-refractivity contribution < 1.29 is 89.1 Å². The van der Waals surface area contributed by atoms with Crippen molar-refractivity contribution in [3.63, 3.8) is 0 Å². The fourth-order valence-electron chi connectivity index (χ4n) is 4.25. The van der Waals surface area contributed by atoms with Crippen LogP contribution in [-0.4, -0.2) is 172 Å². The summed E-state index contributed by atoms with van der Waals surface area (Å²) in [6.45, 7) is -1.67. The largest absolute Gasteiger partial charge is 0.394 e. The Morgan fingerprint density at radius 2 is 1.03 bits per heavy atom. The van der Waals surface area contributed by atoms with E-state index in [4.69, 9.17) is 33.5 Å². The molecule has 0 amide bonds. The van der Waals surface area contributed by atoms with Gasteiger partial charge in [-0.3, -0.25) is 4.57 Å². The molecule has 18 nitrogen and oxygen atoms in total. The highest BCUT2D eigenvalue weighted by molar-refractivity contribution is 7.51.